The molecule has 1 aromatic rings. The smallest absolute Gasteiger partial charge is 0.182 e. The van der Waals surface area contributed by atoms with Gasteiger partial charge in [-0.1, -0.05) is 12.1 Å². The highest BCUT2D eigenvalue weighted by Gasteiger charge is 2.04. The van der Waals surface area contributed by atoms with Crippen LogP contribution in [0.3, 0.4) is 0 Å². The Balaban J connectivity index is 2.50. The second-order valence-corrected chi connectivity index (χ2v) is 3.10. The Morgan fingerprint density at radius 2 is 2.54 bits per heavy atom. The maximum atomic E-state index is 8.51. The molecule has 1 rings (SSSR count). The Kier molecular flexibility index (Phi) is 3.41. The second-order valence-electron chi connectivity index (χ2n) is 3.10. The number of rotatable bonds is 4. The second kappa shape index (κ2) is 4.58. The van der Waals surface area contributed by atoms with E-state index in [4.69, 9.17) is 5.26 Å². The molecular formula is C8H13N5. The lowest BCUT2D eigenvalue weighted by atomic mass is 10.2. The van der Waals surface area contributed by atoms with Crippen LogP contribution in [0, 0.1) is 17.2 Å². The van der Waals surface area contributed by atoms with E-state index in [2.05, 4.69) is 22.6 Å². The molecule has 0 aromatic carbocycles. The molecule has 0 aliphatic heterocycles. The molecule has 0 fully saturated rings. The minimum absolute atomic E-state index is 0.372. The van der Waals surface area contributed by atoms with Crippen LogP contribution in [-0.4, -0.2) is 28.6 Å². The summed E-state index contributed by atoms with van der Waals surface area (Å²) < 4.78 is 1.70. The molecule has 0 aliphatic carbocycles. The Labute approximate surface area is 77.4 Å². The van der Waals surface area contributed by atoms with Crippen LogP contribution in [0.4, 0.5) is 0 Å². The monoisotopic (exact) mass is 179 g/mol. The zero-order valence-corrected chi connectivity index (χ0v) is 7.86. The first kappa shape index (κ1) is 9.68. The van der Waals surface area contributed by atoms with Crippen molar-refractivity contribution in [2.45, 2.75) is 13.5 Å². The average molecular weight is 179 g/mol. The van der Waals surface area contributed by atoms with Gasteiger partial charge in [-0.25, -0.2) is 0 Å². The minimum Gasteiger partial charge on any atom is -0.319 e. The first-order chi connectivity index (χ1) is 6.26. The predicted octanol–water partition coefficient (Wildman–Crippen LogP) is 0.00528. The SMILES string of the molecule is CNCC(C)Cn1cc(C#N)nn1. The van der Waals surface area contributed by atoms with Crippen molar-refractivity contribution in [3.63, 3.8) is 0 Å². The largest absolute Gasteiger partial charge is 0.319 e. The van der Waals surface area contributed by atoms with Crippen molar-refractivity contribution in [2.24, 2.45) is 5.92 Å². The van der Waals surface area contributed by atoms with E-state index in [9.17, 15) is 0 Å². The predicted molar refractivity (Wildman–Crippen MR) is 47.8 cm³/mol. The van der Waals surface area contributed by atoms with Crippen molar-refractivity contribution in [1.82, 2.24) is 20.3 Å². The summed E-state index contributed by atoms with van der Waals surface area (Å²) in [4.78, 5) is 0. The molecule has 1 N–H and O–H groups in total. The summed E-state index contributed by atoms with van der Waals surface area (Å²) in [5.74, 6) is 0.484. The Morgan fingerprint density at radius 1 is 1.77 bits per heavy atom. The molecule has 1 heterocycles. The number of hydrogen-bond donors (Lipinski definition) is 1. The molecule has 5 nitrogen and oxygen atoms in total. The maximum Gasteiger partial charge on any atom is 0.182 e. The lowest BCUT2D eigenvalue weighted by Crippen LogP contribution is -2.20. The van der Waals surface area contributed by atoms with Gasteiger partial charge in [0.25, 0.3) is 0 Å². The fourth-order valence-electron chi connectivity index (χ4n) is 1.17. The highest BCUT2D eigenvalue weighted by atomic mass is 15.4. The van der Waals surface area contributed by atoms with Gasteiger partial charge < -0.3 is 5.32 Å². The molecule has 0 radical (unpaired) electrons. The summed E-state index contributed by atoms with van der Waals surface area (Å²) in [6, 6.07) is 1.94. The molecule has 70 valence electrons. The Bertz CT molecular complexity index is 298. The molecule has 0 saturated carbocycles. The molecule has 0 aliphatic rings. The molecular weight excluding hydrogens is 166 g/mol. The van der Waals surface area contributed by atoms with E-state index in [1.807, 2.05) is 13.1 Å². The van der Waals surface area contributed by atoms with Gasteiger partial charge in [0.2, 0.25) is 0 Å². The molecule has 5 heteroatoms. The first-order valence-electron chi connectivity index (χ1n) is 4.21. The van der Waals surface area contributed by atoms with E-state index in [1.54, 1.807) is 10.9 Å². The van der Waals surface area contributed by atoms with E-state index in [-0.39, 0.29) is 0 Å². The van der Waals surface area contributed by atoms with Crippen molar-refractivity contribution in [3.8, 4) is 6.07 Å². The van der Waals surface area contributed by atoms with Crippen molar-refractivity contribution < 1.29 is 0 Å². The zero-order chi connectivity index (χ0) is 9.68. The van der Waals surface area contributed by atoms with Crippen LogP contribution in [0.1, 0.15) is 12.6 Å². The highest BCUT2D eigenvalue weighted by molar-refractivity contribution is 5.12. The van der Waals surface area contributed by atoms with Crippen molar-refractivity contribution in [1.29, 1.82) is 5.26 Å². The number of aromatic nitrogens is 3. The first-order valence-corrected chi connectivity index (χ1v) is 4.21. The summed E-state index contributed by atoms with van der Waals surface area (Å²) in [5.41, 5.74) is 0.372. The van der Waals surface area contributed by atoms with Gasteiger partial charge in [0.05, 0.1) is 6.20 Å². The maximum absolute atomic E-state index is 8.51. The molecule has 13 heavy (non-hydrogen) atoms. The standard InChI is InChI=1S/C8H13N5/c1-7(4-10-2)5-13-6-8(3-9)11-12-13/h6-7,10H,4-5H2,1-2H3. The fraction of sp³-hybridized carbons (Fsp3) is 0.625. The van der Waals surface area contributed by atoms with Gasteiger partial charge in [0.1, 0.15) is 6.07 Å². The summed E-state index contributed by atoms with van der Waals surface area (Å²) in [5, 5.41) is 19.1. The molecule has 0 saturated heterocycles. The third kappa shape index (κ3) is 2.84. The topological polar surface area (TPSA) is 66.5 Å². The van der Waals surface area contributed by atoms with Crippen LogP contribution < -0.4 is 5.32 Å². The molecule has 1 atom stereocenters. The summed E-state index contributed by atoms with van der Waals surface area (Å²) in [7, 11) is 1.92. The molecule has 1 aromatic heterocycles. The van der Waals surface area contributed by atoms with Gasteiger partial charge in [-0.05, 0) is 19.5 Å². The lowest BCUT2D eigenvalue weighted by molar-refractivity contribution is 0.428. The molecule has 0 bridgehead atoms. The quantitative estimate of drug-likeness (QED) is 0.706. The lowest BCUT2D eigenvalue weighted by Gasteiger charge is -2.08. The van der Waals surface area contributed by atoms with Crippen molar-refractivity contribution >= 4 is 0 Å². The number of hydrogen-bond acceptors (Lipinski definition) is 4. The van der Waals surface area contributed by atoms with E-state index >= 15 is 0 Å². The average Bonchev–Trinajstić information content (AvgIpc) is 2.52. The summed E-state index contributed by atoms with van der Waals surface area (Å²) in [6.07, 6.45) is 1.66. The van der Waals surface area contributed by atoms with Crippen LogP contribution in [0.25, 0.3) is 0 Å². The fourth-order valence-corrected chi connectivity index (χ4v) is 1.17. The minimum atomic E-state index is 0.372. The highest BCUT2D eigenvalue weighted by Crippen LogP contribution is 1.98. The normalized spacial score (nSPS) is 12.4. The van der Waals surface area contributed by atoms with Gasteiger partial charge >= 0.3 is 0 Å². The molecule has 1 unspecified atom stereocenters. The molecule has 0 amide bonds. The van der Waals surface area contributed by atoms with Crippen molar-refractivity contribution in [3.05, 3.63) is 11.9 Å². The van der Waals surface area contributed by atoms with Crippen LogP contribution >= 0.6 is 0 Å². The van der Waals surface area contributed by atoms with Gasteiger partial charge in [-0.15, -0.1) is 5.10 Å². The number of nitrogens with zero attached hydrogens (tertiary/aromatic N) is 4. The Morgan fingerprint density at radius 3 is 3.08 bits per heavy atom. The Hall–Kier alpha value is -1.41. The van der Waals surface area contributed by atoms with E-state index in [0.717, 1.165) is 13.1 Å². The van der Waals surface area contributed by atoms with E-state index in [1.165, 1.54) is 0 Å². The van der Waals surface area contributed by atoms with Crippen LogP contribution in [0.5, 0.6) is 0 Å². The van der Waals surface area contributed by atoms with Gasteiger partial charge in [0.15, 0.2) is 5.69 Å². The van der Waals surface area contributed by atoms with Crippen LogP contribution in [-0.2, 0) is 6.54 Å². The van der Waals surface area contributed by atoms with Gasteiger partial charge in [-0.2, -0.15) is 5.26 Å². The summed E-state index contributed by atoms with van der Waals surface area (Å²) in [6.45, 7) is 3.83. The van der Waals surface area contributed by atoms with Crippen molar-refractivity contribution in [2.75, 3.05) is 13.6 Å². The van der Waals surface area contributed by atoms with Crippen LogP contribution in [0.15, 0.2) is 6.20 Å². The third-order valence-corrected chi connectivity index (χ3v) is 1.70. The van der Waals surface area contributed by atoms with Gasteiger partial charge in [0, 0.05) is 6.54 Å². The van der Waals surface area contributed by atoms with E-state index in [0.29, 0.717) is 11.6 Å². The number of nitriles is 1. The molecule has 0 spiro atoms. The van der Waals surface area contributed by atoms with E-state index < -0.39 is 0 Å². The zero-order valence-electron chi connectivity index (χ0n) is 7.86. The van der Waals surface area contributed by atoms with Crippen LogP contribution in [0.2, 0.25) is 0 Å². The third-order valence-electron chi connectivity index (χ3n) is 1.70. The number of nitrogens with one attached hydrogen (secondary N) is 1. The van der Waals surface area contributed by atoms with Gasteiger partial charge in [-0.3, -0.25) is 4.68 Å². The summed E-state index contributed by atoms with van der Waals surface area (Å²) >= 11 is 0.